The van der Waals surface area contributed by atoms with Gasteiger partial charge in [-0.3, -0.25) is 4.79 Å². The zero-order valence-electron chi connectivity index (χ0n) is 15.6. The summed E-state index contributed by atoms with van der Waals surface area (Å²) in [5, 5.41) is 15.0. The number of rotatable bonds is 8. The lowest BCUT2D eigenvalue weighted by molar-refractivity contribution is -0.117. The Labute approximate surface area is 159 Å². The third kappa shape index (κ3) is 6.27. The fraction of sp³-hybridized carbons (Fsp3) is 0.273. The summed E-state index contributed by atoms with van der Waals surface area (Å²) >= 11 is 0. The van der Waals surface area contributed by atoms with Gasteiger partial charge in [0.05, 0.1) is 6.04 Å². The zero-order chi connectivity index (χ0) is 19.6. The fourth-order valence-electron chi connectivity index (χ4n) is 2.59. The van der Waals surface area contributed by atoms with Crippen LogP contribution in [-0.4, -0.2) is 12.5 Å². The lowest BCUT2D eigenvalue weighted by Gasteiger charge is -2.14. The second-order valence-electron chi connectivity index (χ2n) is 6.29. The molecule has 27 heavy (non-hydrogen) atoms. The summed E-state index contributed by atoms with van der Waals surface area (Å²) in [6.45, 7) is 4.52. The number of carbonyl (C=O) groups is 1. The molecule has 0 radical (unpaired) electrons. The summed E-state index contributed by atoms with van der Waals surface area (Å²) in [6.07, 6.45) is 3.05. The Hall–Kier alpha value is -3.13. The Morgan fingerprint density at radius 3 is 2.37 bits per heavy atom. The first-order chi connectivity index (χ1) is 13.0. The lowest BCUT2D eigenvalue weighted by atomic mass is 10.0. The molecule has 1 unspecified atom stereocenters. The van der Waals surface area contributed by atoms with Crippen LogP contribution in [0.5, 0.6) is 0 Å². The molecule has 4 nitrogen and oxygen atoms in total. The molecule has 0 aliphatic rings. The van der Waals surface area contributed by atoms with Crippen LogP contribution < -0.4 is 10.6 Å². The Balaban J connectivity index is 1.87. The van der Waals surface area contributed by atoms with Crippen molar-refractivity contribution in [3.05, 3.63) is 82.8 Å². The lowest BCUT2D eigenvalue weighted by Crippen LogP contribution is -2.28. The quantitative estimate of drug-likeness (QED) is 0.425. The summed E-state index contributed by atoms with van der Waals surface area (Å²) in [6, 6.07) is 16.0. The molecule has 2 aromatic rings. The molecule has 0 spiro atoms. The third-order valence-electron chi connectivity index (χ3n) is 4.32. The molecule has 0 aromatic heterocycles. The number of amides is 1. The van der Waals surface area contributed by atoms with Gasteiger partial charge >= 0.3 is 0 Å². The monoisotopic (exact) mass is 365 g/mol. The number of nitrogens with one attached hydrogen (secondary N) is 2. The van der Waals surface area contributed by atoms with E-state index in [0.717, 1.165) is 17.5 Å². The van der Waals surface area contributed by atoms with Gasteiger partial charge in [0, 0.05) is 12.7 Å². The average Bonchev–Trinajstić information content (AvgIpc) is 2.69. The summed E-state index contributed by atoms with van der Waals surface area (Å²) in [5.74, 6) is -0.688. The second kappa shape index (κ2) is 10.1. The molecule has 0 saturated heterocycles. The Kier molecular flexibility index (Phi) is 7.57. The molecule has 0 heterocycles. The first-order valence-electron chi connectivity index (χ1n) is 9.01. The predicted octanol–water partition coefficient (Wildman–Crippen LogP) is 3.81. The molecular weight excluding hydrogens is 341 g/mol. The maximum absolute atomic E-state index is 12.9. The number of hydrogen-bond donors (Lipinski definition) is 2. The molecule has 0 aliphatic carbocycles. The van der Waals surface area contributed by atoms with Gasteiger partial charge in [0.1, 0.15) is 17.5 Å². The topological polar surface area (TPSA) is 64.9 Å². The van der Waals surface area contributed by atoms with Crippen molar-refractivity contribution < 1.29 is 9.18 Å². The van der Waals surface area contributed by atoms with Gasteiger partial charge in [-0.25, -0.2) is 4.39 Å². The molecule has 2 N–H and O–H groups in total. The van der Waals surface area contributed by atoms with Gasteiger partial charge in [0.2, 0.25) is 0 Å². The van der Waals surface area contributed by atoms with Gasteiger partial charge in [-0.2, -0.15) is 5.26 Å². The van der Waals surface area contributed by atoms with Crippen LogP contribution in [0, 0.1) is 17.1 Å². The minimum atomic E-state index is -0.418. The van der Waals surface area contributed by atoms with Gasteiger partial charge in [-0.1, -0.05) is 43.3 Å². The predicted molar refractivity (Wildman–Crippen MR) is 104 cm³/mol. The number of benzene rings is 2. The van der Waals surface area contributed by atoms with E-state index in [-0.39, 0.29) is 17.4 Å². The standard InChI is InChI=1S/C22H24FN3O/c1-3-17-4-8-19(9-5-17)16(2)26-22(27)20(14-24)15-25-13-12-18-6-10-21(23)11-7-18/h4-11,15-16,25H,3,12-13H2,1-2H3,(H,26,27)/b20-15-. The highest BCUT2D eigenvalue weighted by atomic mass is 19.1. The zero-order valence-corrected chi connectivity index (χ0v) is 15.6. The molecule has 0 saturated carbocycles. The first kappa shape index (κ1) is 20.2. The molecule has 0 aliphatic heterocycles. The highest BCUT2D eigenvalue weighted by Crippen LogP contribution is 2.14. The van der Waals surface area contributed by atoms with E-state index in [1.165, 1.54) is 23.9 Å². The summed E-state index contributed by atoms with van der Waals surface area (Å²) < 4.78 is 12.9. The van der Waals surface area contributed by atoms with Crippen molar-refractivity contribution >= 4 is 5.91 Å². The summed E-state index contributed by atoms with van der Waals surface area (Å²) in [5.41, 5.74) is 3.22. The molecule has 0 fully saturated rings. The number of carbonyl (C=O) groups excluding carboxylic acids is 1. The van der Waals surface area contributed by atoms with Crippen molar-refractivity contribution in [1.29, 1.82) is 5.26 Å². The van der Waals surface area contributed by atoms with Crippen molar-refractivity contribution in [3.8, 4) is 6.07 Å². The number of aryl methyl sites for hydroxylation is 1. The summed E-state index contributed by atoms with van der Waals surface area (Å²) in [7, 11) is 0. The molecular formula is C22H24FN3O. The van der Waals surface area contributed by atoms with Crippen molar-refractivity contribution in [2.24, 2.45) is 0 Å². The summed E-state index contributed by atoms with van der Waals surface area (Å²) in [4.78, 5) is 12.3. The smallest absolute Gasteiger partial charge is 0.263 e. The van der Waals surface area contributed by atoms with E-state index in [0.29, 0.717) is 13.0 Å². The van der Waals surface area contributed by atoms with Gasteiger partial charge in [-0.05, 0) is 48.6 Å². The Bertz CT molecular complexity index is 820. The Morgan fingerprint density at radius 1 is 1.15 bits per heavy atom. The van der Waals surface area contributed by atoms with Crippen LogP contribution in [0.2, 0.25) is 0 Å². The molecule has 5 heteroatoms. The van der Waals surface area contributed by atoms with Crippen LogP contribution in [0.3, 0.4) is 0 Å². The van der Waals surface area contributed by atoms with Crippen LogP contribution in [0.4, 0.5) is 4.39 Å². The Morgan fingerprint density at radius 2 is 1.78 bits per heavy atom. The molecule has 2 aromatic carbocycles. The highest BCUT2D eigenvalue weighted by Gasteiger charge is 2.13. The normalized spacial score (nSPS) is 12.1. The van der Waals surface area contributed by atoms with Crippen molar-refractivity contribution in [1.82, 2.24) is 10.6 Å². The van der Waals surface area contributed by atoms with E-state index < -0.39 is 5.91 Å². The van der Waals surface area contributed by atoms with E-state index in [9.17, 15) is 14.4 Å². The van der Waals surface area contributed by atoms with Gasteiger partial charge in [0.25, 0.3) is 5.91 Å². The SMILES string of the molecule is CCc1ccc(C(C)NC(=O)/C(C#N)=C\NCCc2ccc(F)cc2)cc1. The van der Waals surface area contributed by atoms with Crippen molar-refractivity contribution in [2.45, 2.75) is 32.7 Å². The van der Waals surface area contributed by atoms with Crippen molar-refractivity contribution in [3.63, 3.8) is 0 Å². The van der Waals surface area contributed by atoms with Gasteiger partial charge in [0.15, 0.2) is 0 Å². The van der Waals surface area contributed by atoms with Crippen LogP contribution in [0.1, 0.15) is 36.6 Å². The first-order valence-corrected chi connectivity index (χ1v) is 9.01. The highest BCUT2D eigenvalue weighted by molar-refractivity contribution is 5.97. The van der Waals surface area contributed by atoms with Crippen LogP contribution in [-0.2, 0) is 17.6 Å². The molecule has 2 rings (SSSR count). The van der Waals surface area contributed by atoms with Crippen LogP contribution in [0.15, 0.2) is 60.3 Å². The minimum Gasteiger partial charge on any atom is -0.389 e. The van der Waals surface area contributed by atoms with Crippen LogP contribution >= 0.6 is 0 Å². The van der Waals surface area contributed by atoms with E-state index in [1.807, 2.05) is 37.3 Å². The number of nitriles is 1. The largest absolute Gasteiger partial charge is 0.389 e. The fourth-order valence-corrected chi connectivity index (χ4v) is 2.59. The second-order valence-corrected chi connectivity index (χ2v) is 6.29. The van der Waals surface area contributed by atoms with Crippen molar-refractivity contribution in [2.75, 3.05) is 6.54 Å². The van der Waals surface area contributed by atoms with E-state index in [1.54, 1.807) is 12.1 Å². The average molecular weight is 365 g/mol. The number of hydrogen-bond acceptors (Lipinski definition) is 3. The van der Waals surface area contributed by atoms with E-state index >= 15 is 0 Å². The minimum absolute atomic E-state index is 0.0196. The van der Waals surface area contributed by atoms with Gasteiger partial charge < -0.3 is 10.6 Å². The van der Waals surface area contributed by atoms with E-state index in [2.05, 4.69) is 17.6 Å². The van der Waals surface area contributed by atoms with Crippen LogP contribution in [0.25, 0.3) is 0 Å². The molecule has 1 amide bonds. The molecule has 1 atom stereocenters. The maximum atomic E-state index is 12.9. The van der Waals surface area contributed by atoms with Gasteiger partial charge in [-0.15, -0.1) is 0 Å². The molecule has 140 valence electrons. The third-order valence-corrected chi connectivity index (χ3v) is 4.32. The van der Waals surface area contributed by atoms with E-state index in [4.69, 9.17) is 0 Å². The number of nitrogens with zero attached hydrogens (tertiary/aromatic N) is 1. The maximum Gasteiger partial charge on any atom is 0.263 e. The number of halogens is 1. The molecule has 0 bridgehead atoms.